The lowest BCUT2D eigenvalue weighted by atomic mass is 9.91. The van der Waals surface area contributed by atoms with Crippen LogP contribution in [-0.2, 0) is 4.79 Å². The third-order valence-corrected chi connectivity index (χ3v) is 7.02. The van der Waals surface area contributed by atoms with Crippen LogP contribution in [-0.4, -0.2) is 55.4 Å². The van der Waals surface area contributed by atoms with Crippen LogP contribution in [0.1, 0.15) is 32.7 Å². The van der Waals surface area contributed by atoms with Crippen LogP contribution < -0.4 is 10.5 Å². The Labute approximate surface area is 236 Å². The van der Waals surface area contributed by atoms with Crippen molar-refractivity contribution in [2.24, 2.45) is 5.41 Å². The summed E-state index contributed by atoms with van der Waals surface area (Å²) >= 11 is 0. The zero-order valence-corrected chi connectivity index (χ0v) is 22.8. The highest BCUT2D eigenvalue weighted by molar-refractivity contribution is 5.99. The monoisotopic (exact) mass is 555 g/mol. The molecule has 1 fully saturated rings. The Morgan fingerprint density at radius 1 is 1.24 bits per heavy atom. The maximum atomic E-state index is 15.5. The van der Waals surface area contributed by atoms with Gasteiger partial charge in [0.15, 0.2) is 5.65 Å². The Balaban J connectivity index is 1.48. The number of carbonyl (C=O) groups excluding carboxylic acids is 1. The molecule has 11 heteroatoms. The minimum Gasteiger partial charge on any atom is -0.457 e. The highest BCUT2D eigenvalue weighted by atomic mass is 19.1. The molecule has 1 amide bonds. The molecule has 0 radical (unpaired) electrons. The summed E-state index contributed by atoms with van der Waals surface area (Å²) in [6, 6.07) is 15.3. The molecule has 5 rings (SSSR count). The number of para-hydroxylation sites is 1. The van der Waals surface area contributed by atoms with Crippen molar-refractivity contribution in [3.05, 3.63) is 72.3 Å². The Bertz CT molecular complexity index is 1660. The number of hydrogen-bond donors (Lipinski definition) is 2. The van der Waals surface area contributed by atoms with Crippen LogP contribution in [0.5, 0.6) is 11.5 Å². The van der Waals surface area contributed by atoms with Crippen LogP contribution in [0.2, 0.25) is 0 Å². The van der Waals surface area contributed by atoms with E-state index in [0.717, 1.165) is 0 Å². The summed E-state index contributed by atoms with van der Waals surface area (Å²) in [6.07, 6.45) is 4.17. The number of aliphatic hydroxyl groups is 1. The van der Waals surface area contributed by atoms with E-state index in [1.165, 1.54) is 18.5 Å². The fourth-order valence-electron chi connectivity index (χ4n) is 4.90. The molecule has 41 heavy (non-hydrogen) atoms. The van der Waals surface area contributed by atoms with Crippen LogP contribution in [0.15, 0.2) is 66.5 Å². The summed E-state index contributed by atoms with van der Waals surface area (Å²) in [6.45, 7) is 4.03. The van der Waals surface area contributed by atoms with Crippen LogP contribution in [0, 0.1) is 22.6 Å². The molecule has 1 unspecified atom stereocenters. The lowest BCUT2D eigenvalue weighted by molar-refractivity contribution is -0.128. The highest BCUT2D eigenvalue weighted by Crippen LogP contribution is 2.36. The summed E-state index contributed by atoms with van der Waals surface area (Å²) in [4.78, 5) is 23.4. The summed E-state index contributed by atoms with van der Waals surface area (Å²) in [7, 11) is 0. The lowest BCUT2D eigenvalue weighted by Crippen LogP contribution is -2.41. The molecular formula is C30H30FN7O3. The van der Waals surface area contributed by atoms with Crippen LogP contribution in [0.4, 0.5) is 10.2 Å². The molecule has 0 spiro atoms. The Morgan fingerprint density at radius 3 is 2.73 bits per heavy atom. The average Bonchev–Trinajstić information content (AvgIpc) is 3.37. The average molecular weight is 556 g/mol. The summed E-state index contributed by atoms with van der Waals surface area (Å²) in [5.74, 6) is 0.105. The van der Waals surface area contributed by atoms with Crippen LogP contribution >= 0.6 is 0 Å². The quantitative estimate of drug-likeness (QED) is 0.248. The number of likely N-dealkylation sites (tertiary alicyclic amines) is 1. The van der Waals surface area contributed by atoms with E-state index in [0.29, 0.717) is 41.9 Å². The van der Waals surface area contributed by atoms with E-state index in [9.17, 15) is 15.2 Å². The van der Waals surface area contributed by atoms with Crippen molar-refractivity contribution in [1.29, 1.82) is 5.26 Å². The maximum Gasteiger partial charge on any atom is 0.264 e. The highest BCUT2D eigenvalue weighted by Gasteiger charge is 2.31. The van der Waals surface area contributed by atoms with Gasteiger partial charge in [-0.25, -0.2) is 19.0 Å². The van der Waals surface area contributed by atoms with Gasteiger partial charge < -0.3 is 20.5 Å². The van der Waals surface area contributed by atoms with E-state index >= 15 is 4.39 Å². The number of benzene rings is 2. The molecule has 210 valence electrons. The van der Waals surface area contributed by atoms with Crippen molar-refractivity contribution >= 4 is 22.8 Å². The van der Waals surface area contributed by atoms with Crippen molar-refractivity contribution in [3.8, 4) is 28.8 Å². The van der Waals surface area contributed by atoms with E-state index in [-0.39, 0.29) is 41.8 Å². The van der Waals surface area contributed by atoms with E-state index in [1.807, 2.05) is 24.3 Å². The fraction of sp³-hybridized carbons (Fsp3) is 0.300. The molecule has 1 saturated heterocycles. The van der Waals surface area contributed by atoms with Gasteiger partial charge in [-0.05, 0) is 37.1 Å². The zero-order valence-electron chi connectivity index (χ0n) is 22.8. The third kappa shape index (κ3) is 5.73. The van der Waals surface area contributed by atoms with Crippen LogP contribution in [0.3, 0.4) is 0 Å². The summed E-state index contributed by atoms with van der Waals surface area (Å²) in [5.41, 5.74) is 6.42. The van der Waals surface area contributed by atoms with Crippen molar-refractivity contribution in [2.45, 2.75) is 32.7 Å². The molecule has 0 aliphatic carbocycles. The van der Waals surface area contributed by atoms with Crippen molar-refractivity contribution in [2.75, 3.05) is 25.4 Å². The first-order chi connectivity index (χ1) is 19.7. The van der Waals surface area contributed by atoms with Gasteiger partial charge in [0.25, 0.3) is 5.91 Å². The van der Waals surface area contributed by atoms with Crippen molar-refractivity contribution in [3.63, 3.8) is 0 Å². The molecule has 1 atom stereocenters. The number of ether oxygens (including phenoxy) is 1. The second-order valence-corrected chi connectivity index (χ2v) is 10.7. The first-order valence-electron chi connectivity index (χ1n) is 13.3. The van der Waals surface area contributed by atoms with Crippen molar-refractivity contribution < 1.29 is 19.0 Å². The molecule has 0 saturated carbocycles. The normalized spacial score (nSPS) is 16.0. The van der Waals surface area contributed by atoms with E-state index in [1.54, 1.807) is 47.7 Å². The molecule has 2 aromatic heterocycles. The van der Waals surface area contributed by atoms with E-state index in [2.05, 4.69) is 9.97 Å². The number of aliphatic hydroxyl groups excluding tert-OH is 1. The molecule has 3 N–H and O–H groups in total. The first-order valence-corrected chi connectivity index (χ1v) is 13.3. The topological polar surface area (TPSA) is 143 Å². The van der Waals surface area contributed by atoms with E-state index < -0.39 is 17.1 Å². The predicted octanol–water partition coefficient (Wildman–Crippen LogP) is 4.64. The van der Waals surface area contributed by atoms with E-state index in [4.69, 9.17) is 15.6 Å². The Hall–Kier alpha value is -4.82. The smallest absolute Gasteiger partial charge is 0.264 e. The Morgan fingerprint density at radius 2 is 2.02 bits per heavy atom. The van der Waals surface area contributed by atoms with Gasteiger partial charge in [0, 0.05) is 30.1 Å². The molecule has 4 aromatic rings. The number of hydrogen-bond acceptors (Lipinski definition) is 8. The number of amides is 1. The van der Waals surface area contributed by atoms with Crippen molar-refractivity contribution in [1.82, 2.24) is 24.6 Å². The molecule has 2 aromatic carbocycles. The van der Waals surface area contributed by atoms with Gasteiger partial charge in [0.2, 0.25) is 0 Å². The number of fused-ring (bicyclic) bond motifs is 1. The zero-order chi connectivity index (χ0) is 29.1. The fourth-order valence-corrected chi connectivity index (χ4v) is 4.90. The van der Waals surface area contributed by atoms with Gasteiger partial charge in [-0.2, -0.15) is 10.4 Å². The van der Waals surface area contributed by atoms with Crippen LogP contribution in [0.25, 0.3) is 22.3 Å². The Kier molecular flexibility index (Phi) is 7.68. The first kappa shape index (κ1) is 27.7. The van der Waals surface area contributed by atoms with Gasteiger partial charge in [-0.1, -0.05) is 38.1 Å². The number of nitriles is 1. The van der Waals surface area contributed by atoms with Gasteiger partial charge in [0.05, 0.1) is 18.0 Å². The number of nitrogens with zero attached hydrogens (tertiary/aromatic N) is 6. The predicted molar refractivity (Wildman–Crippen MR) is 151 cm³/mol. The molecule has 1 aliphatic rings. The molecule has 10 nitrogen and oxygen atoms in total. The van der Waals surface area contributed by atoms with Gasteiger partial charge in [-0.3, -0.25) is 4.79 Å². The van der Waals surface area contributed by atoms with Gasteiger partial charge in [-0.15, -0.1) is 0 Å². The maximum absolute atomic E-state index is 15.5. The number of anilines is 1. The number of rotatable bonds is 7. The molecular weight excluding hydrogens is 525 g/mol. The molecule has 3 heterocycles. The second-order valence-electron chi connectivity index (χ2n) is 10.7. The largest absolute Gasteiger partial charge is 0.457 e. The number of carbonyl (C=O) groups is 1. The minimum atomic E-state index is -0.719. The second kappa shape index (κ2) is 11.3. The number of nitrogens with two attached hydrogens (primary N) is 1. The number of nitrogen functional groups attached to an aromatic ring is 1. The number of piperidine rings is 1. The SMILES string of the molecule is CC(C)(/C=C(/C#N)C(=O)N1CCCC(n2nc(-c3ccc(Oc4ccccc4)cc3F)c3c(N)ncnc32)C1)CO. The summed E-state index contributed by atoms with van der Waals surface area (Å²) < 4.78 is 22.9. The standard InChI is InChI=1S/C30H30FN7O3/c1-30(2,17-39)14-19(15-32)29(40)37-12-6-7-20(16-37)38-28-25(27(33)34-18-35-28)26(36-38)23-11-10-22(13-24(23)31)41-21-8-4-3-5-9-21/h3-5,8-11,13-14,18,20,39H,6-7,12,16-17H2,1-2H3,(H2,33,34,35)/b19-14-. The molecule has 1 aliphatic heterocycles. The minimum absolute atomic E-state index is 0.0258. The lowest BCUT2D eigenvalue weighted by Gasteiger charge is -2.33. The van der Waals surface area contributed by atoms with Gasteiger partial charge in [0.1, 0.15) is 46.8 Å². The number of halogens is 1. The third-order valence-electron chi connectivity index (χ3n) is 7.02. The summed E-state index contributed by atoms with van der Waals surface area (Å²) in [5, 5.41) is 24.4. The van der Waals surface area contributed by atoms with Gasteiger partial charge >= 0.3 is 0 Å². The molecule has 0 bridgehead atoms. The number of aromatic nitrogens is 4.